The molecule has 0 aromatic heterocycles. The van der Waals surface area contributed by atoms with Crippen molar-refractivity contribution >= 4 is 18.7 Å². The Morgan fingerprint density at radius 3 is 2.80 bits per heavy atom. The second-order valence-electron chi connectivity index (χ2n) is 3.95. The Hall–Kier alpha value is -1.04. The maximum absolute atomic E-state index is 11.7. The van der Waals surface area contributed by atoms with Gasteiger partial charge in [0, 0.05) is 19.4 Å². The third-order valence-electron chi connectivity index (χ3n) is 2.66. The van der Waals surface area contributed by atoms with Crippen molar-refractivity contribution in [1.82, 2.24) is 10.2 Å². The summed E-state index contributed by atoms with van der Waals surface area (Å²) >= 11 is 0. The highest BCUT2D eigenvalue weighted by atomic mass is 16.2. The van der Waals surface area contributed by atoms with Crippen LogP contribution in [0.3, 0.4) is 0 Å². The summed E-state index contributed by atoms with van der Waals surface area (Å²) in [5.41, 5.74) is 0. The maximum Gasteiger partial charge on any atom is 0.309 e. The monoisotopic (exact) mass is 212 g/mol. The summed E-state index contributed by atoms with van der Waals surface area (Å²) in [6.07, 6.45) is 1.75. The van der Waals surface area contributed by atoms with Gasteiger partial charge < -0.3 is 15.2 Å². The molecule has 2 N–H and O–H groups in total. The average molecular weight is 212 g/mol. The second kappa shape index (κ2) is 5.16. The lowest BCUT2D eigenvalue weighted by molar-refractivity contribution is -0.132. The molecule has 1 saturated heterocycles. The Kier molecular flexibility index (Phi) is 4.14. The summed E-state index contributed by atoms with van der Waals surface area (Å²) < 4.78 is 0. The molecule has 2 amide bonds. The van der Waals surface area contributed by atoms with Crippen LogP contribution in [0.2, 0.25) is 6.82 Å². The van der Waals surface area contributed by atoms with Crippen LogP contribution in [0.25, 0.3) is 0 Å². The molecule has 0 radical (unpaired) electrons. The summed E-state index contributed by atoms with van der Waals surface area (Å²) in [5, 5.41) is 11.9. The van der Waals surface area contributed by atoms with Gasteiger partial charge in [0.2, 0.25) is 11.8 Å². The van der Waals surface area contributed by atoms with Crippen LogP contribution in [0.15, 0.2) is 0 Å². The van der Waals surface area contributed by atoms with Crippen LogP contribution < -0.4 is 5.32 Å². The Morgan fingerprint density at radius 1 is 1.60 bits per heavy atom. The zero-order valence-electron chi connectivity index (χ0n) is 9.19. The number of nitrogens with one attached hydrogen (secondary N) is 1. The van der Waals surface area contributed by atoms with Crippen molar-refractivity contribution in [3.05, 3.63) is 0 Å². The minimum Gasteiger partial charge on any atom is -0.449 e. The fraction of sp³-hybridized carbons (Fsp3) is 0.778. The molecule has 1 atom stereocenters. The van der Waals surface area contributed by atoms with Gasteiger partial charge in [-0.1, -0.05) is 6.82 Å². The smallest absolute Gasteiger partial charge is 0.309 e. The molecule has 0 spiro atoms. The van der Waals surface area contributed by atoms with E-state index in [1.54, 1.807) is 11.7 Å². The summed E-state index contributed by atoms with van der Waals surface area (Å²) in [4.78, 5) is 24.0. The molecule has 1 fully saturated rings. The molecule has 5 nitrogen and oxygen atoms in total. The number of nitrogens with zero attached hydrogens (tertiary/aromatic N) is 1. The van der Waals surface area contributed by atoms with Crippen LogP contribution in [-0.4, -0.2) is 47.7 Å². The first kappa shape index (κ1) is 12.0. The van der Waals surface area contributed by atoms with Crippen molar-refractivity contribution in [1.29, 1.82) is 0 Å². The molecule has 0 aromatic carbocycles. The Morgan fingerprint density at radius 2 is 2.27 bits per heavy atom. The van der Waals surface area contributed by atoms with E-state index in [1.165, 1.54) is 6.92 Å². The number of amides is 2. The number of hydrogen-bond acceptors (Lipinski definition) is 3. The number of carbonyl (C=O) groups excluding carboxylic acids is 2. The van der Waals surface area contributed by atoms with Crippen LogP contribution in [-0.2, 0) is 9.59 Å². The van der Waals surface area contributed by atoms with Gasteiger partial charge in [-0.05, 0) is 12.8 Å². The molecular formula is C9H17BN2O3. The van der Waals surface area contributed by atoms with Crippen LogP contribution in [0.4, 0.5) is 0 Å². The summed E-state index contributed by atoms with van der Waals surface area (Å²) in [6.45, 7) is 3.26. The summed E-state index contributed by atoms with van der Waals surface area (Å²) in [6, 6.07) is 0. The number of carbonyl (C=O) groups is 2. The van der Waals surface area contributed by atoms with Crippen molar-refractivity contribution < 1.29 is 14.6 Å². The van der Waals surface area contributed by atoms with E-state index < -0.39 is 6.92 Å². The van der Waals surface area contributed by atoms with E-state index in [0.717, 1.165) is 12.8 Å². The molecule has 84 valence electrons. The van der Waals surface area contributed by atoms with Gasteiger partial charge in [0.1, 0.15) is 0 Å². The van der Waals surface area contributed by atoms with Gasteiger partial charge in [-0.15, -0.1) is 0 Å². The molecule has 1 aliphatic heterocycles. The minimum atomic E-state index is -0.506. The van der Waals surface area contributed by atoms with Gasteiger partial charge in [-0.2, -0.15) is 0 Å². The molecule has 0 bridgehead atoms. The Labute approximate surface area is 89.9 Å². The van der Waals surface area contributed by atoms with Crippen molar-refractivity contribution in [3.8, 4) is 0 Å². The largest absolute Gasteiger partial charge is 0.449 e. The second-order valence-corrected chi connectivity index (χ2v) is 3.95. The van der Waals surface area contributed by atoms with E-state index >= 15 is 0 Å². The van der Waals surface area contributed by atoms with Gasteiger partial charge in [0.25, 0.3) is 0 Å². The van der Waals surface area contributed by atoms with Gasteiger partial charge in [-0.3, -0.25) is 9.59 Å². The van der Waals surface area contributed by atoms with Crippen LogP contribution in [0, 0.1) is 0 Å². The van der Waals surface area contributed by atoms with Crippen molar-refractivity contribution in [2.75, 3.05) is 13.1 Å². The average Bonchev–Trinajstić information content (AvgIpc) is 2.62. The van der Waals surface area contributed by atoms with Gasteiger partial charge in [0.05, 0.1) is 6.54 Å². The third-order valence-corrected chi connectivity index (χ3v) is 2.66. The highest BCUT2D eigenvalue weighted by Gasteiger charge is 2.33. The van der Waals surface area contributed by atoms with Crippen molar-refractivity contribution in [2.45, 2.75) is 32.5 Å². The van der Waals surface area contributed by atoms with E-state index in [2.05, 4.69) is 5.32 Å². The lowest BCUT2D eigenvalue weighted by Gasteiger charge is -2.25. The summed E-state index contributed by atoms with van der Waals surface area (Å²) in [5.74, 6) is -0.420. The van der Waals surface area contributed by atoms with Gasteiger partial charge >= 0.3 is 6.92 Å². The number of rotatable bonds is 3. The number of likely N-dealkylation sites (tertiary alicyclic amines) is 1. The van der Waals surface area contributed by atoms with Crippen LogP contribution >= 0.6 is 0 Å². The molecule has 6 heteroatoms. The predicted molar refractivity (Wildman–Crippen MR) is 57.3 cm³/mol. The first-order valence-corrected chi connectivity index (χ1v) is 5.24. The molecule has 15 heavy (non-hydrogen) atoms. The zero-order chi connectivity index (χ0) is 11.4. The van der Waals surface area contributed by atoms with E-state index in [4.69, 9.17) is 0 Å². The van der Waals surface area contributed by atoms with Gasteiger partial charge in [-0.25, -0.2) is 0 Å². The quantitative estimate of drug-likeness (QED) is 0.605. The lowest BCUT2D eigenvalue weighted by atomic mass is 9.62. The molecule has 0 saturated carbocycles. The number of hydrogen-bond donors (Lipinski definition) is 2. The molecule has 0 unspecified atom stereocenters. The fourth-order valence-electron chi connectivity index (χ4n) is 1.91. The predicted octanol–water partition coefficient (Wildman–Crippen LogP) is -0.734. The Balaban J connectivity index is 2.47. The highest BCUT2D eigenvalue weighted by Crippen LogP contribution is 2.18. The van der Waals surface area contributed by atoms with Gasteiger partial charge in [0.15, 0.2) is 0 Å². The van der Waals surface area contributed by atoms with E-state index in [-0.39, 0.29) is 24.3 Å². The first-order chi connectivity index (χ1) is 7.02. The molecule has 0 aliphatic carbocycles. The maximum atomic E-state index is 11.7. The zero-order valence-corrected chi connectivity index (χ0v) is 9.19. The molecule has 0 aromatic rings. The van der Waals surface area contributed by atoms with E-state index in [1.807, 2.05) is 0 Å². The molecule has 1 rings (SSSR count). The summed E-state index contributed by atoms with van der Waals surface area (Å²) in [7, 11) is 0. The van der Waals surface area contributed by atoms with Crippen molar-refractivity contribution in [2.24, 2.45) is 0 Å². The normalized spacial score (nSPS) is 20.2. The first-order valence-electron chi connectivity index (χ1n) is 5.24. The minimum absolute atomic E-state index is 0.0263. The van der Waals surface area contributed by atoms with Crippen molar-refractivity contribution in [3.63, 3.8) is 0 Å². The third kappa shape index (κ3) is 3.23. The SMILES string of the molecule is CB(O)[C@@H]1CCCN1C(=O)CNC(C)=O. The highest BCUT2D eigenvalue weighted by molar-refractivity contribution is 6.51. The van der Waals surface area contributed by atoms with E-state index in [9.17, 15) is 14.6 Å². The molecule has 1 aliphatic rings. The van der Waals surface area contributed by atoms with Crippen LogP contribution in [0.1, 0.15) is 19.8 Å². The topological polar surface area (TPSA) is 69.6 Å². The standard InChI is InChI=1S/C9H17BN2O3/c1-7(13)11-6-9(14)12-5-3-4-8(12)10(2)15/h8,15H,3-6H2,1-2H3,(H,11,13)/t8-/m0/s1. The van der Waals surface area contributed by atoms with Crippen LogP contribution in [0.5, 0.6) is 0 Å². The fourth-order valence-corrected chi connectivity index (χ4v) is 1.91. The van der Waals surface area contributed by atoms with E-state index in [0.29, 0.717) is 6.54 Å². The Bertz CT molecular complexity index is 258. The molecular weight excluding hydrogens is 195 g/mol. The molecule has 1 heterocycles. The lowest BCUT2D eigenvalue weighted by Crippen LogP contribution is -2.47.